The van der Waals surface area contributed by atoms with Crippen LogP contribution in [0.5, 0.6) is 0 Å². The van der Waals surface area contributed by atoms with Crippen LogP contribution in [0.1, 0.15) is 34.6 Å². The Hall–Kier alpha value is -1.82. The van der Waals surface area contributed by atoms with Gasteiger partial charge in [-0.1, -0.05) is 18.2 Å². The normalized spacial score (nSPS) is 13.3. The van der Waals surface area contributed by atoms with Gasteiger partial charge in [-0.25, -0.2) is 8.42 Å². The molecule has 0 saturated heterocycles. The second-order valence-corrected chi connectivity index (χ2v) is 9.18. The second kappa shape index (κ2) is 5.12. The molecule has 0 aliphatic heterocycles. The zero-order valence-corrected chi connectivity index (χ0v) is 14.2. The quantitative estimate of drug-likeness (QED) is 0.881. The number of para-hydroxylation sites is 1. The number of aromatic amines is 1. The van der Waals surface area contributed by atoms with Crippen LogP contribution < -0.4 is 0 Å². The van der Waals surface area contributed by atoms with Gasteiger partial charge in [0.15, 0.2) is 14.6 Å². The molecule has 2 rings (SSSR count). The Morgan fingerprint density at radius 2 is 1.68 bits per heavy atom. The number of rotatable bonds is 3. The molecule has 1 heterocycles. The average molecular weight is 323 g/mol. The minimum atomic E-state index is -3.90. The van der Waals surface area contributed by atoms with Crippen molar-refractivity contribution in [3.63, 3.8) is 0 Å². The van der Waals surface area contributed by atoms with Crippen molar-refractivity contribution in [1.82, 2.24) is 4.98 Å². The number of carbonyl (C=O) groups is 1. The predicted molar refractivity (Wildman–Crippen MR) is 85.4 cm³/mol. The number of nitrogens with one attached hydrogen (secondary N) is 1. The molecule has 5 nitrogen and oxygen atoms in total. The molecular weight excluding hydrogens is 302 g/mol. The Morgan fingerprint density at radius 1 is 1.09 bits per heavy atom. The molecule has 0 aliphatic carbocycles. The molecule has 0 fully saturated rings. The first kappa shape index (κ1) is 16.5. The highest BCUT2D eigenvalue weighted by Crippen LogP contribution is 2.32. The zero-order chi connectivity index (χ0) is 16.8. The van der Waals surface area contributed by atoms with Crippen LogP contribution in [0.4, 0.5) is 0 Å². The van der Waals surface area contributed by atoms with Gasteiger partial charge in [0, 0.05) is 17.1 Å². The van der Waals surface area contributed by atoms with Gasteiger partial charge in [0.05, 0.1) is 4.90 Å². The lowest BCUT2D eigenvalue weighted by molar-refractivity contribution is -0.157. The van der Waals surface area contributed by atoms with E-state index in [4.69, 9.17) is 4.74 Å². The van der Waals surface area contributed by atoms with E-state index in [1.165, 1.54) is 20.0 Å². The van der Waals surface area contributed by atoms with Crippen LogP contribution in [-0.4, -0.2) is 29.7 Å². The summed E-state index contributed by atoms with van der Waals surface area (Å²) >= 11 is 0. The van der Waals surface area contributed by atoms with Gasteiger partial charge in [-0.15, -0.1) is 0 Å². The molecule has 2 aromatic rings. The number of ether oxygens (including phenoxy) is 1. The Balaban J connectivity index is 2.51. The summed E-state index contributed by atoms with van der Waals surface area (Å²) in [6.07, 6.45) is 1.42. The van der Waals surface area contributed by atoms with E-state index in [0.29, 0.717) is 10.9 Å². The van der Waals surface area contributed by atoms with Crippen molar-refractivity contribution in [3.8, 4) is 0 Å². The van der Waals surface area contributed by atoms with Crippen molar-refractivity contribution in [2.24, 2.45) is 0 Å². The van der Waals surface area contributed by atoms with Crippen molar-refractivity contribution in [1.29, 1.82) is 0 Å². The van der Waals surface area contributed by atoms with Crippen LogP contribution in [0.2, 0.25) is 0 Å². The van der Waals surface area contributed by atoms with Gasteiger partial charge in [0.2, 0.25) is 0 Å². The fourth-order valence-corrected chi connectivity index (χ4v) is 3.55. The molecular formula is C16H21NO4S. The zero-order valence-electron chi connectivity index (χ0n) is 13.4. The molecule has 0 saturated carbocycles. The molecule has 0 spiro atoms. The highest BCUT2D eigenvalue weighted by molar-refractivity contribution is 7.93. The van der Waals surface area contributed by atoms with E-state index in [9.17, 15) is 13.2 Å². The maximum Gasteiger partial charge on any atom is 0.327 e. The number of H-pyrrole nitrogens is 1. The summed E-state index contributed by atoms with van der Waals surface area (Å²) in [4.78, 5) is 15.4. The molecule has 6 heteroatoms. The molecule has 22 heavy (non-hydrogen) atoms. The minimum absolute atomic E-state index is 0.110. The maximum absolute atomic E-state index is 12.9. The summed E-state index contributed by atoms with van der Waals surface area (Å²) in [6.45, 7) is 7.87. The average Bonchev–Trinajstić information content (AvgIpc) is 2.80. The SMILES string of the molecule is CC(C)(C)OC(=O)C(C)(C)S(=O)(=O)c1c[nH]c2ccccc12. The highest BCUT2D eigenvalue weighted by Gasteiger charge is 2.46. The van der Waals surface area contributed by atoms with Gasteiger partial charge in [-0.3, -0.25) is 4.79 Å². The minimum Gasteiger partial charge on any atom is -0.459 e. The van der Waals surface area contributed by atoms with Gasteiger partial charge in [-0.2, -0.15) is 0 Å². The Morgan fingerprint density at radius 3 is 2.27 bits per heavy atom. The molecule has 0 aliphatic rings. The maximum atomic E-state index is 12.9. The van der Waals surface area contributed by atoms with Crippen molar-refractivity contribution in [2.75, 3.05) is 0 Å². The summed E-state index contributed by atoms with van der Waals surface area (Å²) < 4.78 is 29.5. The van der Waals surface area contributed by atoms with E-state index in [1.807, 2.05) is 6.07 Å². The number of esters is 1. The first-order chi connectivity index (χ1) is 9.97. The third-order valence-corrected chi connectivity index (χ3v) is 5.83. The number of carbonyl (C=O) groups excluding carboxylic acids is 1. The third-order valence-electron chi connectivity index (χ3n) is 3.40. The summed E-state index contributed by atoms with van der Waals surface area (Å²) in [7, 11) is -3.90. The van der Waals surface area contributed by atoms with Crippen molar-refractivity contribution >= 4 is 26.7 Å². The van der Waals surface area contributed by atoms with E-state index in [1.54, 1.807) is 39.0 Å². The van der Waals surface area contributed by atoms with Gasteiger partial charge >= 0.3 is 5.97 Å². The molecule has 0 unspecified atom stereocenters. The van der Waals surface area contributed by atoms with E-state index in [-0.39, 0.29) is 4.90 Å². The lowest BCUT2D eigenvalue weighted by atomic mass is 10.1. The first-order valence-corrected chi connectivity index (χ1v) is 8.49. The highest BCUT2D eigenvalue weighted by atomic mass is 32.2. The predicted octanol–water partition coefficient (Wildman–Crippen LogP) is 3.06. The number of aromatic nitrogens is 1. The van der Waals surface area contributed by atoms with Crippen molar-refractivity contribution in [2.45, 2.75) is 49.9 Å². The summed E-state index contributed by atoms with van der Waals surface area (Å²) in [5, 5.41) is 0.569. The summed E-state index contributed by atoms with van der Waals surface area (Å²) in [5.41, 5.74) is -0.0366. The van der Waals surface area contributed by atoms with E-state index >= 15 is 0 Å². The monoisotopic (exact) mass is 323 g/mol. The van der Waals surface area contributed by atoms with Gasteiger partial charge in [0.1, 0.15) is 5.60 Å². The number of benzene rings is 1. The largest absolute Gasteiger partial charge is 0.459 e. The molecule has 1 N–H and O–H groups in total. The van der Waals surface area contributed by atoms with Crippen molar-refractivity contribution in [3.05, 3.63) is 30.5 Å². The van der Waals surface area contributed by atoms with Gasteiger partial charge in [-0.05, 0) is 40.7 Å². The summed E-state index contributed by atoms with van der Waals surface area (Å²) in [6, 6.07) is 7.07. The molecule has 0 radical (unpaired) electrons. The first-order valence-electron chi connectivity index (χ1n) is 7.01. The molecule has 1 aromatic carbocycles. The van der Waals surface area contributed by atoms with E-state index in [0.717, 1.165) is 0 Å². The second-order valence-electron chi connectivity index (χ2n) is 6.71. The fourth-order valence-electron chi connectivity index (χ4n) is 2.05. The molecule has 1 aromatic heterocycles. The fraction of sp³-hybridized carbons (Fsp3) is 0.438. The Labute approximate surface area is 130 Å². The third kappa shape index (κ3) is 2.75. The van der Waals surface area contributed by atoms with Crippen LogP contribution in [-0.2, 0) is 19.4 Å². The molecule has 0 amide bonds. The number of hydrogen-bond acceptors (Lipinski definition) is 4. The molecule has 120 valence electrons. The standard InChI is InChI=1S/C16H21NO4S/c1-15(2,3)21-14(18)16(4,5)22(19,20)13-10-17-12-9-7-6-8-11(12)13/h6-10,17H,1-5H3. The van der Waals surface area contributed by atoms with Gasteiger partial charge in [0.25, 0.3) is 0 Å². The smallest absolute Gasteiger partial charge is 0.327 e. The van der Waals surface area contributed by atoms with Gasteiger partial charge < -0.3 is 9.72 Å². The Kier molecular flexibility index (Phi) is 3.85. The van der Waals surface area contributed by atoms with Crippen LogP contribution in [0.3, 0.4) is 0 Å². The van der Waals surface area contributed by atoms with Crippen LogP contribution in [0.25, 0.3) is 10.9 Å². The van der Waals surface area contributed by atoms with Crippen LogP contribution in [0.15, 0.2) is 35.4 Å². The van der Waals surface area contributed by atoms with E-state index in [2.05, 4.69) is 4.98 Å². The number of hydrogen-bond donors (Lipinski definition) is 1. The summed E-state index contributed by atoms with van der Waals surface area (Å²) in [5.74, 6) is -0.759. The number of sulfone groups is 1. The molecule has 0 atom stereocenters. The van der Waals surface area contributed by atoms with Crippen molar-refractivity contribution < 1.29 is 17.9 Å². The van der Waals surface area contributed by atoms with Crippen LogP contribution in [0, 0.1) is 0 Å². The van der Waals surface area contributed by atoms with E-state index < -0.39 is 26.2 Å². The number of fused-ring (bicyclic) bond motifs is 1. The topological polar surface area (TPSA) is 76.2 Å². The van der Waals surface area contributed by atoms with Crippen LogP contribution >= 0.6 is 0 Å². The Bertz CT molecular complexity index is 810. The molecule has 0 bridgehead atoms. The lowest BCUT2D eigenvalue weighted by Gasteiger charge is -2.28. The lowest BCUT2D eigenvalue weighted by Crippen LogP contribution is -2.44.